The van der Waals surface area contributed by atoms with Crippen molar-refractivity contribution in [1.82, 2.24) is 10.1 Å². The fourth-order valence-corrected chi connectivity index (χ4v) is 4.68. The van der Waals surface area contributed by atoms with Crippen molar-refractivity contribution in [2.75, 3.05) is 20.7 Å². The smallest absolute Gasteiger partial charge is 0.330 e. The number of carbonyl (C=O) groups excluding carboxylic acids is 1. The number of benzene rings is 2. The molecule has 0 saturated heterocycles. The molecule has 0 aliphatic carbocycles. The molecule has 2 N–H and O–H groups in total. The van der Waals surface area contributed by atoms with E-state index in [4.69, 9.17) is 10.6 Å². The Bertz CT molecular complexity index is 928. The first-order valence-electron chi connectivity index (χ1n) is 9.53. The van der Waals surface area contributed by atoms with Gasteiger partial charge in [0.15, 0.2) is 0 Å². The summed E-state index contributed by atoms with van der Waals surface area (Å²) in [5.74, 6) is -1.19. The summed E-state index contributed by atoms with van der Waals surface area (Å²) in [7, 11) is 2.84. The van der Waals surface area contributed by atoms with Crippen molar-refractivity contribution < 1.29 is 18.4 Å². The van der Waals surface area contributed by atoms with E-state index in [1.165, 1.54) is 30.9 Å². The van der Waals surface area contributed by atoms with E-state index in [9.17, 15) is 13.6 Å². The highest BCUT2D eigenvalue weighted by Crippen LogP contribution is 2.51. The number of nitrogens with two attached hydrogens (primary N) is 1. The topological polar surface area (TPSA) is 71.2 Å². The summed E-state index contributed by atoms with van der Waals surface area (Å²) in [4.78, 5) is 17.3. The van der Waals surface area contributed by atoms with Gasteiger partial charge in [0.2, 0.25) is 0 Å². The monoisotopic (exact) mass is 434 g/mol. The molecule has 1 aliphatic heterocycles. The van der Waals surface area contributed by atoms with Crippen molar-refractivity contribution in [3.8, 4) is 0 Å². The molecule has 0 saturated carbocycles. The van der Waals surface area contributed by atoms with Crippen LogP contribution in [0.1, 0.15) is 30.4 Å². The average molecular weight is 435 g/mol. The number of thioether (sulfide) groups is 1. The van der Waals surface area contributed by atoms with E-state index in [0.717, 1.165) is 35.2 Å². The SMILES string of the molecule is CON(C)C(=O)N1N=C(c2cc(F)ccc2F)S[C@@]1(CCCCN)c1ccccc1. The lowest BCUT2D eigenvalue weighted by Gasteiger charge is -2.37. The number of halogens is 2. The summed E-state index contributed by atoms with van der Waals surface area (Å²) in [6, 6.07) is 12.1. The van der Waals surface area contributed by atoms with Gasteiger partial charge in [-0.1, -0.05) is 42.1 Å². The molecule has 0 aromatic heterocycles. The highest BCUT2D eigenvalue weighted by Gasteiger charge is 2.49. The summed E-state index contributed by atoms with van der Waals surface area (Å²) >= 11 is 1.23. The Labute approximate surface area is 178 Å². The molecular formula is C21H24F2N4O2S. The summed E-state index contributed by atoms with van der Waals surface area (Å²) in [6.07, 6.45) is 1.99. The Morgan fingerprint density at radius 2 is 1.97 bits per heavy atom. The van der Waals surface area contributed by atoms with Gasteiger partial charge in [-0.25, -0.2) is 18.6 Å². The number of hydrazone groups is 1. The zero-order valence-corrected chi connectivity index (χ0v) is 17.7. The maximum absolute atomic E-state index is 14.5. The molecule has 0 unspecified atom stereocenters. The number of unbranched alkanes of at least 4 members (excludes halogenated alkanes) is 1. The Morgan fingerprint density at radius 1 is 1.23 bits per heavy atom. The van der Waals surface area contributed by atoms with Crippen LogP contribution in [-0.4, -0.2) is 41.8 Å². The lowest BCUT2D eigenvalue weighted by atomic mass is 9.99. The van der Waals surface area contributed by atoms with E-state index >= 15 is 0 Å². The summed E-state index contributed by atoms with van der Waals surface area (Å²) in [6.45, 7) is 0.508. The van der Waals surface area contributed by atoms with Crippen molar-refractivity contribution in [1.29, 1.82) is 0 Å². The third kappa shape index (κ3) is 4.33. The minimum atomic E-state index is -0.950. The van der Waals surface area contributed by atoms with Crippen molar-refractivity contribution in [2.24, 2.45) is 10.8 Å². The van der Waals surface area contributed by atoms with Gasteiger partial charge in [0.25, 0.3) is 0 Å². The van der Waals surface area contributed by atoms with E-state index in [2.05, 4.69) is 5.10 Å². The van der Waals surface area contributed by atoms with Crippen LogP contribution in [0.15, 0.2) is 53.6 Å². The second-order valence-corrected chi connectivity index (χ2v) is 8.07. The lowest BCUT2D eigenvalue weighted by Crippen LogP contribution is -2.46. The second kappa shape index (κ2) is 9.55. The maximum Gasteiger partial charge on any atom is 0.365 e. The number of amides is 2. The molecule has 3 rings (SSSR count). The Morgan fingerprint density at radius 3 is 2.63 bits per heavy atom. The number of hydroxylamine groups is 2. The van der Waals surface area contributed by atoms with Gasteiger partial charge in [0.05, 0.1) is 7.11 Å². The Kier molecular flexibility index (Phi) is 7.06. The fourth-order valence-electron chi connectivity index (χ4n) is 3.26. The van der Waals surface area contributed by atoms with E-state index in [-0.39, 0.29) is 10.6 Å². The highest BCUT2D eigenvalue weighted by molar-refractivity contribution is 8.15. The number of nitrogens with zero attached hydrogens (tertiary/aromatic N) is 3. The van der Waals surface area contributed by atoms with Crippen LogP contribution in [0, 0.1) is 11.6 Å². The first kappa shape index (κ1) is 22.2. The largest absolute Gasteiger partial charge is 0.365 e. The average Bonchev–Trinajstić information content (AvgIpc) is 3.15. The summed E-state index contributed by atoms with van der Waals surface area (Å²) < 4.78 is 28.4. The van der Waals surface area contributed by atoms with Crippen LogP contribution in [-0.2, 0) is 9.71 Å². The molecule has 160 valence electrons. The lowest BCUT2D eigenvalue weighted by molar-refractivity contribution is -0.0805. The van der Waals surface area contributed by atoms with Gasteiger partial charge in [0, 0.05) is 12.6 Å². The van der Waals surface area contributed by atoms with Gasteiger partial charge < -0.3 is 5.73 Å². The minimum Gasteiger partial charge on any atom is -0.330 e. The van der Waals surface area contributed by atoms with Crippen molar-refractivity contribution in [3.63, 3.8) is 0 Å². The summed E-state index contributed by atoms with van der Waals surface area (Å²) in [5, 5.41) is 7.01. The first-order chi connectivity index (χ1) is 14.4. The molecule has 2 amide bonds. The van der Waals surface area contributed by atoms with Gasteiger partial charge in [0.1, 0.15) is 21.5 Å². The van der Waals surface area contributed by atoms with Gasteiger partial charge in [-0.15, -0.1) is 0 Å². The maximum atomic E-state index is 14.5. The predicted molar refractivity (Wildman–Crippen MR) is 114 cm³/mol. The number of urea groups is 1. The molecule has 30 heavy (non-hydrogen) atoms. The predicted octanol–water partition coefficient (Wildman–Crippen LogP) is 4.27. The van der Waals surface area contributed by atoms with E-state index in [1.807, 2.05) is 30.3 Å². The van der Waals surface area contributed by atoms with Crippen molar-refractivity contribution >= 4 is 22.8 Å². The molecule has 1 aliphatic rings. The van der Waals surface area contributed by atoms with Crippen LogP contribution < -0.4 is 5.73 Å². The molecule has 0 fully saturated rings. The molecule has 6 nitrogen and oxygen atoms in total. The molecular weight excluding hydrogens is 410 g/mol. The minimum absolute atomic E-state index is 0.00880. The number of carbonyl (C=O) groups is 1. The Hall–Kier alpha value is -2.49. The number of rotatable bonds is 7. The molecule has 1 atom stereocenters. The molecule has 2 aromatic carbocycles. The normalized spacial score (nSPS) is 18.4. The van der Waals surface area contributed by atoms with Crippen molar-refractivity contribution in [3.05, 3.63) is 71.3 Å². The van der Waals surface area contributed by atoms with E-state index in [0.29, 0.717) is 19.4 Å². The van der Waals surface area contributed by atoms with Gasteiger partial charge in [-0.2, -0.15) is 10.1 Å². The number of hydrogen-bond donors (Lipinski definition) is 1. The van der Waals surface area contributed by atoms with Crippen LogP contribution in [0.4, 0.5) is 13.6 Å². The van der Waals surface area contributed by atoms with E-state index in [1.54, 1.807) is 0 Å². The molecule has 0 radical (unpaired) electrons. The Balaban J connectivity index is 2.13. The second-order valence-electron chi connectivity index (χ2n) is 6.80. The zero-order valence-electron chi connectivity index (χ0n) is 16.8. The molecule has 1 heterocycles. The molecule has 2 aromatic rings. The van der Waals surface area contributed by atoms with Gasteiger partial charge in [-0.3, -0.25) is 4.84 Å². The highest BCUT2D eigenvalue weighted by atomic mass is 32.2. The zero-order chi connectivity index (χ0) is 21.7. The third-order valence-corrected chi connectivity index (χ3v) is 6.32. The summed E-state index contributed by atoms with van der Waals surface area (Å²) in [5.41, 5.74) is 6.51. The molecule has 9 heteroatoms. The number of hydrogen-bond acceptors (Lipinski definition) is 5. The standard InChI is InChI=1S/C21H24F2N4O2S/c1-26(29-2)20(28)27-21(12-6-7-13-24,15-8-4-3-5-9-15)30-19(25-27)17-14-16(22)10-11-18(17)23/h3-5,8-11,14H,6-7,12-13,24H2,1-2H3/t21-/m0/s1. The molecule has 0 spiro atoms. The van der Waals surface area contributed by atoms with Crippen LogP contribution in [0.5, 0.6) is 0 Å². The molecule has 0 bridgehead atoms. The van der Waals surface area contributed by atoms with Gasteiger partial charge >= 0.3 is 6.03 Å². The van der Waals surface area contributed by atoms with Gasteiger partial charge in [-0.05, 0) is 49.6 Å². The van der Waals surface area contributed by atoms with Crippen LogP contribution in [0.25, 0.3) is 0 Å². The van der Waals surface area contributed by atoms with Crippen molar-refractivity contribution in [2.45, 2.75) is 24.1 Å². The van der Waals surface area contributed by atoms with Crippen LogP contribution >= 0.6 is 11.8 Å². The third-order valence-electron chi connectivity index (χ3n) is 4.88. The fraction of sp³-hybridized carbons (Fsp3) is 0.333. The first-order valence-corrected chi connectivity index (χ1v) is 10.3. The quantitative estimate of drug-likeness (QED) is 0.522. The van der Waals surface area contributed by atoms with Crippen LogP contribution in [0.2, 0.25) is 0 Å². The van der Waals surface area contributed by atoms with E-state index < -0.39 is 22.5 Å². The van der Waals surface area contributed by atoms with Crippen LogP contribution in [0.3, 0.4) is 0 Å².